The molecule has 0 saturated heterocycles. The first-order chi connectivity index (χ1) is 9.60. The molecule has 0 aliphatic carbocycles. The zero-order valence-corrected chi connectivity index (χ0v) is 12.3. The monoisotopic (exact) mass is 309 g/mol. The van der Waals surface area contributed by atoms with E-state index in [0.29, 0.717) is 28.1 Å². The Morgan fingerprint density at radius 3 is 2.75 bits per heavy atom. The first-order valence-corrected chi connectivity index (χ1v) is 6.83. The maximum absolute atomic E-state index is 12.2. The van der Waals surface area contributed by atoms with Crippen molar-refractivity contribution in [3.8, 4) is 0 Å². The molecule has 1 aromatic carbocycles. The van der Waals surface area contributed by atoms with E-state index in [1.54, 1.807) is 36.4 Å². The molecule has 0 fully saturated rings. The van der Waals surface area contributed by atoms with Crippen LogP contribution in [-0.4, -0.2) is 17.4 Å². The quantitative estimate of drug-likeness (QED) is 0.895. The van der Waals surface area contributed by atoms with Crippen molar-refractivity contribution in [1.82, 2.24) is 4.98 Å². The van der Waals surface area contributed by atoms with E-state index in [4.69, 9.17) is 23.2 Å². The van der Waals surface area contributed by atoms with Crippen LogP contribution in [0.2, 0.25) is 10.0 Å². The van der Waals surface area contributed by atoms with Gasteiger partial charge in [0.2, 0.25) is 0 Å². The van der Waals surface area contributed by atoms with Crippen LogP contribution in [0.1, 0.15) is 17.4 Å². The van der Waals surface area contributed by atoms with Crippen LogP contribution >= 0.6 is 23.2 Å². The van der Waals surface area contributed by atoms with Crippen LogP contribution in [0.4, 0.5) is 11.5 Å². The third kappa shape index (κ3) is 3.62. The summed E-state index contributed by atoms with van der Waals surface area (Å²) in [5, 5.41) is 6.59. The predicted molar refractivity (Wildman–Crippen MR) is 82.8 cm³/mol. The van der Waals surface area contributed by atoms with E-state index in [1.165, 1.54) is 0 Å². The number of carbonyl (C=O) groups excluding carboxylic acids is 1. The SMILES string of the molecule is CCNc1ccc(Cl)c(C(=O)Nc2cccc(Cl)c2)n1. The van der Waals surface area contributed by atoms with Gasteiger partial charge in [0.05, 0.1) is 5.02 Å². The summed E-state index contributed by atoms with van der Waals surface area (Å²) in [5.41, 5.74) is 0.763. The largest absolute Gasteiger partial charge is 0.370 e. The van der Waals surface area contributed by atoms with Crippen LogP contribution in [0.3, 0.4) is 0 Å². The van der Waals surface area contributed by atoms with E-state index in [0.717, 1.165) is 0 Å². The molecule has 1 heterocycles. The van der Waals surface area contributed by atoms with E-state index in [1.807, 2.05) is 6.92 Å². The van der Waals surface area contributed by atoms with Crippen molar-refractivity contribution >= 4 is 40.6 Å². The number of aromatic nitrogens is 1. The van der Waals surface area contributed by atoms with Crippen molar-refractivity contribution in [2.45, 2.75) is 6.92 Å². The van der Waals surface area contributed by atoms with E-state index in [2.05, 4.69) is 15.6 Å². The Bertz CT molecular complexity index is 632. The van der Waals surface area contributed by atoms with Gasteiger partial charge in [-0.1, -0.05) is 29.3 Å². The first kappa shape index (κ1) is 14.6. The number of hydrogen-bond acceptors (Lipinski definition) is 3. The van der Waals surface area contributed by atoms with E-state index in [9.17, 15) is 4.79 Å². The molecule has 0 atom stereocenters. The van der Waals surface area contributed by atoms with Crippen molar-refractivity contribution in [3.05, 3.63) is 52.1 Å². The second-order valence-corrected chi connectivity index (χ2v) is 4.87. The Labute approximate surface area is 127 Å². The van der Waals surface area contributed by atoms with Gasteiger partial charge in [-0.15, -0.1) is 0 Å². The van der Waals surface area contributed by atoms with Gasteiger partial charge in [-0.25, -0.2) is 4.98 Å². The molecule has 104 valence electrons. The molecule has 2 rings (SSSR count). The lowest BCUT2D eigenvalue weighted by atomic mass is 10.3. The van der Waals surface area contributed by atoms with Crippen LogP contribution in [0, 0.1) is 0 Å². The highest BCUT2D eigenvalue weighted by atomic mass is 35.5. The van der Waals surface area contributed by atoms with E-state index >= 15 is 0 Å². The maximum atomic E-state index is 12.2. The van der Waals surface area contributed by atoms with Crippen molar-refractivity contribution in [2.24, 2.45) is 0 Å². The average molecular weight is 310 g/mol. The molecule has 6 heteroatoms. The van der Waals surface area contributed by atoms with Gasteiger partial charge >= 0.3 is 0 Å². The molecule has 2 N–H and O–H groups in total. The molecule has 4 nitrogen and oxygen atoms in total. The Morgan fingerprint density at radius 2 is 2.05 bits per heavy atom. The second-order valence-electron chi connectivity index (χ2n) is 4.02. The number of amides is 1. The number of rotatable bonds is 4. The van der Waals surface area contributed by atoms with Crippen LogP contribution in [0.15, 0.2) is 36.4 Å². The summed E-state index contributed by atoms with van der Waals surface area (Å²) in [6, 6.07) is 10.2. The minimum Gasteiger partial charge on any atom is -0.370 e. The third-order valence-corrected chi connectivity index (χ3v) is 3.04. The minimum atomic E-state index is -0.378. The van der Waals surface area contributed by atoms with Gasteiger partial charge in [-0.2, -0.15) is 0 Å². The van der Waals surface area contributed by atoms with Crippen LogP contribution in [0.5, 0.6) is 0 Å². The highest BCUT2D eigenvalue weighted by Gasteiger charge is 2.13. The molecular weight excluding hydrogens is 297 g/mol. The van der Waals surface area contributed by atoms with Gasteiger partial charge in [-0.05, 0) is 37.3 Å². The highest BCUT2D eigenvalue weighted by Crippen LogP contribution is 2.20. The molecule has 0 aliphatic heterocycles. The van der Waals surface area contributed by atoms with E-state index < -0.39 is 0 Å². The fourth-order valence-electron chi connectivity index (χ4n) is 1.64. The molecule has 0 aliphatic rings. The molecule has 0 unspecified atom stereocenters. The summed E-state index contributed by atoms with van der Waals surface area (Å²) in [6.45, 7) is 2.66. The Hall–Kier alpha value is -1.78. The molecule has 1 amide bonds. The van der Waals surface area contributed by atoms with Gasteiger partial charge < -0.3 is 10.6 Å². The third-order valence-electron chi connectivity index (χ3n) is 2.50. The van der Waals surface area contributed by atoms with Gasteiger partial charge in [0.25, 0.3) is 5.91 Å². The molecule has 0 radical (unpaired) electrons. The van der Waals surface area contributed by atoms with Crippen molar-refractivity contribution in [1.29, 1.82) is 0 Å². The number of halogens is 2. The smallest absolute Gasteiger partial charge is 0.275 e. The van der Waals surface area contributed by atoms with E-state index in [-0.39, 0.29) is 11.6 Å². The van der Waals surface area contributed by atoms with Crippen LogP contribution < -0.4 is 10.6 Å². The van der Waals surface area contributed by atoms with Gasteiger partial charge in [-0.3, -0.25) is 4.79 Å². The van der Waals surface area contributed by atoms with Crippen molar-refractivity contribution < 1.29 is 4.79 Å². The molecule has 2 aromatic rings. The van der Waals surface area contributed by atoms with Crippen LogP contribution in [-0.2, 0) is 0 Å². The molecule has 0 saturated carbocycles. The van der Waals surface area contributed by atoms with Crippen LogP contribution in [0.25, 0.3) is 0 Å². The minimum absolute atomic E-state index is 0.171. The zero-order chi connectivity index (χ0) is 14.5. The number of nitrogens with zero attached hydrogens (tertiary/aromatic N) is 1. The average Bonchev–Trinajstić information content (AvgIpc) is 2.41. The molecule has 1 aromatic heterocycles. The number of carbonyl (C=O) groups is 1. The number of benzene rings is 1. The maximum Gasteiger partial charge on any atom is 0.275 e. The Kier molecular flexibility index (Phi) is 4.82. The van der Waals surface area contributed by atoms with Crippen molar-refractivity contribution in [3.63, 3.8) is 0 Å². The number of anilines is 2. The first-order valence-electron chi connectivity index (χ1n) is 6.07. The summed E-state index contributed by atoms with van der Waals surface area (Å²) in [6.07, 6.45) is 0. The van der Waals surface area contributed by atoms with Gasteiger partial charge in [0.1, 0.15) is 11.5 Å². The molecule has 20 heavy (non-hydrogen) atoms. The fraction of sp³-hybridized carbons (Fsp3) is 0.143. The van der Waals surface area contributed by atoms with Gasteiger partial charge in [0.15, 0.2) is 0 Å². The molecule has 0 bridgehead atoms. The lowest BCUT2D eigenvalue weighted by molar-refractivity contribution is 0.102. The zero-order valence-electron chi connectivity index (χ0n) is 10.8. The summed E-state index contributed by atoms with van der Waals surface area (Å²) in [7, 11) is 0. The Morgan fingerprint density at radius 1 is 1.25 bits per heavy atom. The summed E-state index contributed by atoms with van der Waals surface area (Å²) < 4.78 is 0. The predicted octanol–water partition coefficient (Wildman–Crippen LogP) is 4.07. The number of hydrogen-bond donors (Lipinski definition) is 2. The number of nitrogens with one attached hydrogen (secondary N) is 2. The normalized spacial score (nSPS) is 10.2. The molecule has 0 spiro atoms. The lowest BCUT2D eigenvalue weighted by Gasteiger charge is -2.08. The lowest BCUT2D eigenvalue weighted by Crippen LogP contribution is -2.15. The summed E-state index contributed by atoms with van der Waals surface area (Å²) in [5.74, 6) is 0.227. The Balaban J connectivity index is 2.22. The van der Waals surface area contributed by atoms with Crippen molar-refractivity contribution in [2.75, 3.05) is 17.2 Å². The topological polar surface area (TPSA) is 54.0 Å². The highest BCUT2D eigenvalue weighted by molar-refractivity contribution is 6.34. The van der Waals surface area contributed by atoms with Gasteiger partial charge in [0, 0.05) is 17.3 Å². The summed E-state index contributed by atoms with van der Waals surface area (Å²) in [4.78, 5) is 16.4. The fourth-order valence-corrected chi connectivity index (χ4v) is 2.02. The second kappa shape index (κ2) is 6.59. The molecular formula is C14H13Cl2N3O. The standard InChI is InChI=1S/C14H13Cl2N3O/c1-2-17-12-7-6-11(16)13(19-12)14(20)18-10-5-3-4-9(15)8-10/h3-8H,2H2,1H3,(H,17,19)(H,18,20). The summed E-state index contributed by atoms with van der Waals surface area (Å²) >= 11 is 11.9. The number of pyridine rings is 1.